The summed E-state index contributed by atoms with van der Waals surface area (Å²) in [7, 11) is -3.72. The molecular weight excluding hydrogens is 387 g/mol. The van der Waals surface area contributed by atoms with E-state index in [1.807, 2.05) is 6.07 Å². The Kier molecular flexibility index (Phi) is 5.73. The van der Waals surface area contributed by atoms with E-state index in [-0.39, 0.29) is 11.7 Å². The number of anilines is 1. The predicted octanol–water partition coefficient (Wildman–Crippen LogP) is 2.24. The van der Waals surface area contributed by atoms with E-state index in [1.54, 1.807) is 19.1 Å². The number of fused-ring (bicyclic) bond motifs is 1. The minimum Gasteiger partial charge on any atom is -0.486 e. The summed E-state index contributed by atoms with van der Waals surface area (Å²) < 4.78 is 49.2. The maximum atomic E-state index is 13.1. The Morgan fingerprint density at radius 1 is 1.14 bits per heavy atom. The molecule has 7 nitrogen and oxygen atoms in total. The molecule has 1 atom stereocenters. The lowest BCUT2D eigenvalue weighted by molar-refractivity contribution is -0.120. The molecule has 2 aromatic carbocycles. The standard InChI is InChI=1S/C19H21FN2O5S/c1-13(14-3-8-17-18(11-14)27-10-9-26-17)21-19(23)12-22(28(2,24)25)16-6-4-15(20)5-7-16/h3-8,11,13H,9-10,12H2,1-2H3,(H,21,23)/t13-/m0/s1. The van der Waals surface area contributed by atoms with Gasteiger partial charge in [-0.25, -0.2) is 12.8 Å². The average Bonchev–Trinajstić information content (AvgIpc) is 2.65. The number of amides is 1. The Morgan fingerprint density at radius 2 is 1.79 bits per heavy atom. The van der Waals surface area contributed by atoms with Crippen molar-refractivity contribution in [1.82, 2.24) is 5.32 Å². The number of hydrogen-bond donors (Lipinski definition) is 1. The highest BCUT2D eigenvalue weighted by Crippen LogP contribution is 2.32. The van der Waals surface area contributed by atoms with Crippen molar-refractivity contribution in [2.24, 2.45) is 0 Å². The zero-order valence-corrected chi connectivity index (χ0v) is 16.3. The maximum Gasteiger partial charge on any atom is 0.241 e. The summed E-state index contributed by atoms with van der Waals surface area (Å²) >= 11 is 0. The van der Waals surface area contributed by atoms with Gasteiger partial charge < -0.3 is 14.8 Å². The van der Waals surface area contributed by atoms with E-state index < -0.39 is 28.3 Å². The highest BCUT2D eigenvalue weighted by atomic mass is 32.2. The van der Waals surface area contributed by atoms with Crippen molar-refractivity contribution in [2.75, 3.05) is 30.3 Å². The normalized spacial score (nSPS) is 14.2. The molecule has 0 aromatic heterocycles. The molecule has 0 unspecified atom stereocenters. The number of benzene rings is 2. The Labute approximate surface area is 163 Å². The Morgan fingerprint density at radius 3 is 2.43 bits per heavy atom. The lowest BCUT2D eigenvalue weighted by Gasteiger charge is -2.24. The van der Waals surface area contributed by atoms with Gasteiger partial charge in [-0.1, -0.05) is 6.07 Å². The predicted molar refractivity (Wildman–Crippen MR) is 103 cm³/mol. The zero-order valence-electron chi connectivity index (χ0n) is 15.5. The molecule has 0 spiro atoms. The molecule has 150 valence electrons. The highest BCUT2D eigenvalue weighted by Gasteiger charge is 2.22. The quantitative estimate of drug-likeness (QED) is 0.793. The molecule has 0 fully saturated rings. The van der Waals surface area contributed by atoms with Crippen molar-refractivity contribution in [1.29, 1.82) is 0 Å². The molecule has 1 N–H and O–H groups in total. The molecule has 0 bridgehead atoms. The van der Waals surface area contributed by atoms with Crippen molar-refractivity contribution >= 4 is 21.6 Å². The summed E-state index contributed by atoms with van der Waals surface area (Å²) in [6, 6.07) is 9.90. The van der Waals surface area contributed by atoms with Gasteiger partial charge in [0.15, 0.2) is 11.5 Å². The molecule has 9 heteroatoms. The molecule has 1 aliphatic rings. The summed E-state index contributed by atoms with van der Waals surface area (Å²) in [5.41, 5.74) is 1.01. The van der Waals surface area contributed by atoms with Crippen LogP contribution in [0.2, 0.25) is 0 Å². The van der Waals surface area contributed by atoms with E-state index in [2.05, 4.69) is 5.32 Å². The lowest BCUT2D eigenvalue weighted by atomic mass is 10.1. The third kappa shape index (κ3) is 4.72. The van der Waals surface area contributed by atoms with Crippen LogP contribution in [0.25, 0.3) is 0 Å². The largest absolute Gasteiger partial charge is 0.486 e. The number of rotatable bonds is 6. The summed E-state index contributed by atoms with van der Waals surface area (Å²) in [4.78, 5) is 12.5. The van der Waals surface area contributed by atoms with Crippen LogP contribution in [0, 0.1) is 5.82 Å². The van der Waals surface area contributed by atoms with Gasteiger partial charge in [0.2, 0.25) is 15.9 Å². The van der Waals surface area contributed by atoms with Gasteiger partial charge in [0.1, 0.15) is 25.6 Å². The Bertz CT molecular complexity index is 963. The first-order valence-corrected chi connectivity index (χ1v) is 10.5. The first-order chi connectivity index (χ1) is 13.2. The first-order valence-electron chi connectivity index (χ1n) is 8.66. The maximum absolute atomic E-state index is 13.1. The van der Waals surface area contributed by atoms with Crippen LogP contribution >= 0.6 is 0 Å². The van der Waals surface area contributed by atoms with Crippen LogP contribution in [0.3, 0.4) is 0 Å². The van der Waals surface area contributed by atoms with Crippen LogP contribution in [-0.2, 0) is 14.8 Å². The summed E-state index contributed by atoms with van der Waals surface area (Å²) in [6.07, 6.45) is 0.994. The van der Waals surface area contributed by atoms with Gasteiger partial charge in [-0.15, -0.1) is 0 Å². The van der Waals surface area contributed by atoms with Gasteiger partial charge in [0, 0.05) is 0 Å². The topological polar surface area (TPSA) is 84.9 Å². The van der Waals surface area contributed by atoms with E-state index in [9.17, 15) is 17.6 Å². The van der Waals surface area contributed by atoms with Crippen LogP contribution in [0.15, 0.2) is 42.5 Å². The third-order valence-electron chi connectivity index (χ3n) is 4.25. The third-order valence-corrected chi connectivity index (χ3v) is 5.39. The second-order valence-electron chi connectivity index (χ2n) is 6.44. The second-order valence-corrected chi connectivity index (χ2v) is 8.35. The number of halogens is 1. The molecule has 0 saturated heterocycles. The highest BCUT2D eigenvalue weighted by molar-refractivity contribution is 7.92. The number of nitrogens with one attached hydrogen (secondary N) is 1. The molecular formula is C19H21FN2O5S. The summed E-state index contributed by atoms with van der Waals surface area (Å²) in [5.74, 6) is 0.271. The van der Waals surface area contributed by atoms with Crippen LogP contribution in [0.1, 0.15) is 18.5 Å². The average molecular weight is 408 g/mol. The van der Waals surface area contributed by atoms with Gasteiger partial charge in [-0.05, 0) is 48.9 Å². The molecule has 0 saturated carbocycles. The second kappa shape index (κ2) is 8.05. The minimum atomic E-state index is -3.72. The molecule has 0 aliphatic carbocycles. The van der Waals surface area contributed by atoms with Crippen LogP contribution in [0.5, 0.6) is 11.5 Å². The zero-order chi connectivity index (χ0) is 20.3. The van der Waals surface area contributed by atoms with Crippen LogP contribution in [-0.4, -0.2) is 40.3 Å². The van der Waals surface area contributed by atoms with Gasteiger partial charge in [0.05, 0.1) is 18.0 Å². The minimum absolute atomic E-state index is 0.214. The lowest BCUT2D eigenvalue weighted by Crippen LogP contribution is -2.41. The smallest absolute Gasteiger partial charge is 0.241 e. The molecule has 3 rings (SSSR count). The van der Waals surface area contributed by atoms with Crippen molar-refractivity contribution in [3.05, 3.63) is 53.8 Å². The first kappa shape index (κ1) is 19.9. The Balaban J connectivity index is 1.71. The summed E-state index contributed by atoms with van der Waals surface area (Å²) in [5, 5.41) is 2.77. The van der Waals surface area contributed by atoms with Gasteiger partial charge in [-0.3, -0.25) is 9.10 Å². The molecule has 1 amide bonds. The molecule has 1 heterocycles. The van der Waals surface area contributed by atoms with Crippen molar-refractivity contribution in [2.45, 2.75) is 13.0 Å². The van der Waals surface area contributed by atoms with Gasteiger partial charge >= 0.3 is 0 Å². The monoisotopic (exact) mass is 408 g/mol. The summed E-state index contributed by atoms with van der Waals surface area (Å²) in [6.45, 7) is 2.31. The van der Waals surface area contributed by atoms with E-state index >= 15 is 0 Å². The number of ether oxygens (including phenoxy) is 2. The molecule has 2 aromatic rings. The SMILES string of the molecule is C[C@H](NC(=O)CN(c1ccc(F)cc1)S(C)(=O)=O)c1ccc2c(c1)OCCO2. The molecule has 28 heavy (non-hydrogen) atoms. The van der Waals surface area contributed by atoms with E-state index in [4.69, 9.17) is 9.47 Å². The van der Waals surface area contributed by atoms with Gasteiger partial charge in [-0.2, -0.15) is 0 Å². The number of hydrogen-bond acceptors (Lipinski definition) is 5. The van der Waals surface area contributed by atoms with E-state index in [1.165, 1.54) is 12.1 Å². The number of sulfonamides is 1. The van der Waals surface area contributed by atoms with Crippen LogP contribution < -0.4 is 19.1 Å². The van der Waals surface area contributed by atoms with Crippen LogP contribution in [0.4, 0.5) is 10.1 Å². The number of nitrogens with zero attached hydrogens (tertiary/aromatic N) is 1. The van der Waals surface area contributed by atoms with Crippen molar-refractivity contribution in [3.8, 4) is 11.5 Å². The molecule has 1 aliphatic heterocycles. The Hall–Kier alpha value is -2.81. The van der Waals surface area contributed by atoms with E-state index in [0.29, 0.717) is 24.7 Å². The molecule has 0 radical (unpaired) electrons. The van der Waals surface area contributed by atoms with Gasteiger partial charge in [0.25, 0.3) is 0 Å². The fourth-order valence-corrected chi connectivity index (χ4v) is 3.69. The number of carbonyl (C=O) groups is 1. The van der Waals surface area contributed by atoms with Crippen molar-refractivity contribution < 1.29 is 27.1 Å². The number of carbonyl (C=O) groups excluding carboxylic acids is 1. The van der Waals surface area contributed by atoms with E-state index in [0.717, 1.165) is 28.3 Å². The fourth-order valence-electron chi connectivity index (χ4n) is 2.84. The van der Waals surface area contributed by atoms with Crippen molar-refractivity contribution in [3.63, 3.8) is 0 Å². The fraction of sp³-hybridized carbons (Fsp3) is 0.316.